The maximum atomic E-state index is 11.9. The van der Waals surface area contributed by atoms with Gasteiger partial charge < -0.3 is 14.5 Å². The molecule has 0 aliphatic heterocycles. The van der Waals surface area contributed by atoms with Crippen molar-refractivity contribution in [2.75, 3.05) is 7.11 Å². The van der Waals surface area contributed by atoms with E-state index in [1.54, 1.807) is 19.2 Å². The molecule has 5 heteroatoms. The monoisotopic (exact) mass is 284 g/mol. The molecule has 1 heterocycles. The fourth-order valence-corrected chi connectivity index (χ4v) is 1.92. The van der Waals surface area contributed by atoms with E-state index in [1.807, 2.05) is 32.0 Å². The predicted octanol–water partition coefficient (Wildman–Crippen LogP) is 2.87. The van der Waals surface area contributed by atoms with Gasteiger partial charge in [-0.05, 0) is 26.0 Å². The van der Waals surface area contributed by atoms with Gasteiger partial charge in [-0.1, -0.05) is 12.1 Å². The number of methoxy groups -OCH3 is 1. The number of carbonyl (C=O) groups is 1. The molecule has 5 nitrogen and oxygen atoms in total. The first-order valence-corrected chi connectivity index (χ1v) is 6.54. The van der Waals surface area contributed by atoms with Gasteiger partial charge in [0.05, 0.1) is 7.11 Å². The Hall–Kier alpha value is -2.74. The van der Waals surface area contributed by atoms with E-state index in [2.05, 4.69) is 5.32 Å². The van der Waals surface area contributed by atoms with Crippen LogP contribution in [-0.2, 0) is 4.79 Å². The smallest absolute Gasteiger partial charge is 0.262 e. The maximum Gasteiger partial charge on any atom is 0.262 e. The number of benzene rings is 1. The summed E-state index contributed by atoms with van der Waals surface area (Å²) in [5.74, 6) is 0.627. The molecule has 0 atom stereocenters. The molecular weight excluding hydrogens is 268 g/mol. The van der Waals surface area contributed by atoms with Gasteiger partial charge in [0.2, 0.25) is 0 Å². The molecule has 1 aromatic heterocycles. The lowest BCUT2D eigenvalue weighted by molar-refractivity contribution is -0.117. The Balaban J connectivity index is 2.39. The Morgan fingerprint density at radius 3 is 2.86 bits per heavy atom. The molecule has 0 saturated carbocycles. The van der Waals surface area contributed by atoms with Crippen molar-refractivity contribution < 1.29 is 13.9 Å². The van der Waals surface area contributed by atoms with Crippen molar-refractivity contribution in [2.45, 2.75) is 19.9 Å². The summed E-state index contributed by atoms with van der Waals surface area (Å²) in [5.41, 5.74) is 0.592. The second kappa shape index (κ2) is 6.14. The summed E-state index contributed by atoms with van der Waals surface area (Å²) >= 11 is 0. The van der Waals surface area contributed by atoms with Crippen LogP contribution in [0.5, 0.6) is 5.75 Å². The molecular formula is C16H16N2O3. The van der Waals surface area contributed by atoms with Crippen molar-refractivity contribution >= 4 is 23.0 Å². The van der Waals surface area contributed by atoms with Crippen molar-refractivity contribution in [3.63, 3.8) is 0 Å². The molecule has 0 aliphatic carbocycles. The minimum atomic E-state index is -0.417. The van der Waals surface area contributed by atoms with Crippen LogP contribution in [0.2, 0.25) is 0 Å². The van der Waals surface area contributed by atoms with Crippen molar-refractivity contribution in [3.05, 3.63) is 35.6 Å². The number of furan rings is 1. The van der Waals surface area contributed by atoms with E-state index in [-0.39, 0.29) is 11.6 Å². The van der Waals surface area contributed by atoms with Crippen LogP contribution in [0.4, 0.5) is 0 Å². The number of amides is 1. The molecule has 0 unspecified atom stereocenters. The normalized spacial score (nSPS) is 11.5. The topological polar surface area (TPSA) is 75.3 Å². The average molecular weight is 284 g/mol. The van der Waals surface area contributed by atoms with Crippen LogP contribution in [0.1, 0.15) is 19.6 Å². The molecule has 0 radical (unpaired) electrons. The van der Waals surface area contributed by atoms with Crippen LogP contribution in [-0.4, -0.2) is 19.1 Å². The number of nitriles is 1. The van der Waals surface area contributed by atoms with E-state index in [0.717, 1.165) is 5.39 Å². The molecule has 0 bridgehead atoms. The summed E-state index contributed by atoms with van der Waals surface area (Å²) in [6.07, 6.45) is 1.43. The largest absolute Gasteiger partial charge is 0.493 e. The van der Waals surface area contributed by atoms with Gasteiger partial charge in [-0.15, -0.1) is 0 Å². The van der Waals surface area contributed by atoms with Crippen LogP contribution >= 0.6 is 0 Å². The number of fused-ring (bicyclic) bond motifs is 1. The van der Waals surface area contributed by atoms with Crippen LogP contribution in [0.15, 0.2) is 34.3 Å². The minimum absolute atomic E-state index is 0.00160. The summed E-state index contributed by atoms with van der Waals surface area (Å²) < 4.78 is 10.9. The summed E-state index contributed by atoms with van der Waals surface area (Å²) in [5, 5.41) is 12.6. The Bertz CT molecular complexity index is 736. The van der Waals surface area contributed by atoms with Gasteiger partial charge in [0.1, 0.15) is 17.4 Å². The number of carbonyl (C=O) groups excluding carboxylic acids is 1. The minimum Gasteiger partial charge on any atom is -0.493 e. The van der Waals surface area contributed by atoms with Crippen LogP contribution in [0.3, 0.4) is 0 Å². The molecule has 2 aromatic rings. The number of para-hydroxylation sites is 1. The number of hydrogen-bond acceptors (Lipinski definition) is 4. The average Bonchev–Trinajstić information content (AvgIpc) is 2.86. The van der Waals surface area contributed by atoms with Crippen LogP contribution in [0, 0.1) is 11.3 Å². The van der Waals surface area contributed by atoms with Gasteiger partial charge in [0.15, 0.2) is 11.3 Å². The zero-order valence-corrected chi connectivity index (χ0v) is 12.1. The van der Waals surface area contributed by atoms with Gasteiger partial charge >= 0.3 is 0 Å². The van der Waals surface area contributed by atoms with Gasteiger partial charge in [-0.2, -0.15) is 5.26 Å². The maximum absolute atomic E-state index is 11.9. The highest BCUT2D eigenvalue weighted by atomic mass is 16.5. The molecule has 1 amide bonds. The van der Waals surface area contributed by atoms with Gasteiger partial charge in [0.25, 0.3) is 5.91 Å². The highest BCUT2D eigenvalue weighted by Gasteiger charge is 2.13. The number of nitrogens with zero attached hydrogens (tertiary/aromatic N) is 1. The number of hydrogen-bond donors (Lipinski definition) is 1. The first kappa shape index (κ1) is 14.7. The lowest BCUT2D eigenvalue weighted by Crippen LogP contribution is -2.30. The fourth-order valence-electron chi connectivity index (χ4n) is 1.92. The standard InChI is InChI=1S/C16H16N2O3/c1-10(2)18-16(19)12(9-17)8-13-7-11-5-4-6-14(20-3)15(11)21-13/h4-8,10H,1-3H3,(H,18,19)/b12-8+. The molecule has 0 saturated heterocycles. The third-order valence-electron chi connectivity index (χ3n) is 2.82. The molecule has 1 N–H and O–H groups in total. The lowest BCUT2D eigenvalue weighted by Gasteiger charge is -2.06. The summed E-state index contributed by atoms with van der Waals surface area (Å²) in [7, 11) is 1.56. The van der Waals surface area contributed by atoms with Crippen molar-refractivity contribution in [1.29, 1.82) is 5.26 Å². The fraction of sp³-hybridized carbons (Fsp3) is 0.250. The van der Waals surface area contributed by atoms with E-state index in [4.69, 9.17) is 14.4 Å². The molecule has 0 fully saturated rings. The highest BCUT2D eigenvalue weighted by molar-refractivity contribution is 6.02. The molecule has 0 spiro atoms. The van der Waals surface area contributed by atoms with Crippen LogP contribution < -0.4 is 10.1 Å². The van der Waals surface area contributed by atoms with Crippen molar-refractivity contribution in [2.24, 2.45) is 0 Å². The summed E-state index contributed by atoms with van der Waals surface area (Å²) in [4.78, 5) is 11.9. The second-order valence-corrected chi connectivity index (χ2v) is 4.83. The Kier molecular flexibility index (Phi) is 4.29. The van der Waals surface area contributed by atoms with E-state index in [1.165, 1.54) is 6.08 Å². The highest BCUT2D eigenvalue weighted by Crippen LogP contribution is 2.29. The van der Waals surface area contributed by atoms with E-state index in [0.29, 0.717) is 17.1 Å². The number of nitrogens with one attached hydrogen (secondary N) is 1. The molecule has 1 aromatic carbocycles. The number of ether oxygens (including phenoxy) is 1. The SMILES string of the molecule is COc1cccc2cc(/C=C(\C#N)C(=O)NC(C)C)oc12. The van der Waals surface area contributed by atoms with Crippen molar-refractivity contribution in [3.8, 4) is 11.8 Å². The van der Waals surface area contributed by atoms with Gasteiger partial charge in [-0.25, -0.2) is 0 Å². The molecule has 108 valence electrons. The second-order valence-electron chi connectivity index (χ2n) is 4.83. The molecule has 21 heavy (non-hydrogen) atoms. The quantitative estimate of drug-likeness (QED) is 0.692. The lowest BCUT2D eigenvalue weighted by atomic mass is 10.2. The Morgan fingerprint density at radius 1 is 1.48 bits per heavy atom. The van der Waals surface area contributed by atoms with Gasteiger partial charge in [-0.3, -0.25) is 4.79 Å². The predicted molar refractivity (Wildman–Crippen MR) is 79.6 cm³/mol. The third-order valence-corrected chi connectivity index (χ3v) is 2.82. The number of rotatable bonds is 4. The zero-order chi connectivity index (χ0) is 15.4. The summed E-state index contributed by atoms with van der Waals surface area (Å²) in [6.45, 7) is 3.66. The molecule has 2 rings (SSSR count). The third kappa shape index (κ3) is 3.23. The Morgan fingerprint density at radius 2 is 2.24 bits per heavy atom. The first-order valence-electron chi connectivity index (χ1n) is 6.54. The van der Waals surface area contributed by atoms with Gasteiger partial charge in [0, 0.05) is 17.5 Å². The first-order chi connectivity index (χ1) is 10.0. The zero-order valence-electron chi connectivity index (χ0n) is 12.1. The summed E-state index contributed by atoms with van der Waals surface area (Å²) in [6, 6.07) is 9.12. The van der Waals surface area contributed by atoms with E-state index < -0.39 is 5.91 Å². The molecule has 0 aliphatic rings. The Labute approximate surface area is 122 Å². The van der Waals surface area contributed by atoms with Crippen LogP contribution in [0.25, 0.3) is 17.0 Å². The van der Waals surface area contributed by atoms with E-state index >= 15 is 0 Å². The van der Waals surface area contributed by atoms with Crippen molar-refractivity contribution in [1.82, 2.24) is 5.32 Å². The van der Waals surface area contributed by atoms with E-state index in [9.17, 15) is 4.79 Å².